The molecule has 1 fully saturated rings. The number of halogens is 1. The summed E-state index contributed by atoms with van der Waals surface area (Å²) in [5, 5.41) is 0. The fourth-order valence-corrected chi connectivity index (χ4v) is 4.40. The van der Waals surface area contributed by atoms with E-state index in [2.05, 4.69) is 15.9 Å². The van der Waals surface area contributed by atoms with Crippen LogP contribution in [-0.2, 0) is 19.4 Å². The zero-order chi connectivity index (χ0) is 16.3. The molecular weight excluding hydrogens is 378 g/mol. The Morgan fingerprint density at radius 3 is 2.68 bits per heavy atom. The van der Waals surface area contributed by atoms with Crippen LogP contribution in [0.15, 0.2) is 21.2 Å². The Balaban J connectivity index is 1.91. The molecule has 0 N–H and O–H groups in total. The molecule has 1 saturated heterocycles. The molecular formula is C13H16BrNO6S. The van der Waals surface area contributed by atoms with E-state index in [0.29, 0.717) is 17.6 Å². The summed E-state index contributed by atoms with van der Waals surface area (Å²) >= 11 is 3.06. The number of amides is 1. The molecule has 0 saturated carbocycles. The topological polar surface area (TPSA) is 93.9 Å². The average molecular weight is 394 g/mol. The van der Waals surface area contributed by atoms with Crippen molar-refractivity contribution in [3.63, 3.8) is 0 Å². The van der Waals surface area contributed by atoms with E-state index in [1.165, 1.54) is 11.0 Å². The van der Waals surface area contributed by atoms with Crippen LogP contribution < -0.4 is 0 Å². The van der Waals surface area contributed by atoms with Crippen LogP contribution in [0.5, 0.6) is 0 Å². The van der Waals surface area contributed by atoms with Crippen LogP contribution in [-0.4, -0.2) is 55.9 Å². The van der Waals surface area contributed by atoms with Crippen LogP contribution in [0, 0.1) is 0 Å². The number of likely N-dealkylation sites (N-methyl/N-ethyl adjacent to an activating group) is 1. The van der Waals surface area contributed by atoms with Gasteiger partial charge in [-0.2, -0.15) is 0 Å². The predicted octanol–water partition coefficient (Wildman–Crippen LogP) is 1.23. The number of rotatable bonds is 5. The second kappa shape index (κ2) is 6.82. The highest BCUT2D eigenvalue weighted by Crippen LogP contribution is 2.18. The maximum atomic E-state index is 12.1. The fourth-order valence-electron chi connectivity index (χ4n) is 2.36. The van der Waals surface area contributed by atoms with Gasteiger partial charge in [0, 0.05) is 12.6 Å². The van der Waals surface area contributed by atoms with Crippen LogP contribution >= 0.6 is 15.9 Å². The van der Waals surface area contributed by atoms with Crippen LogP contribution in [0.3, 0.4) is 0 Å². The number of nitrogens with zero attached hydrogens (tertiary/aromatic N) is 1. The number of sulfone groups is 1. The normalized spacial score (nSPS) is 19.8. The van der Waals surface area contributed by atoms with Crippen molar-refractivity contribution in [2.45, 2.75) is 19.4 Å². The Morgan fingerprint density at radius 2 is 2.18 bits per heavy atom. The monoisotopic (exact) mass is 393 g/mol. The number of furan rings is 1. The third-order valence-corrected chi connectivity index (χ3v) is 5.59. The predicted molar refractivity (Wildman–Crippen MR) is 81.1 cm³/mol. The van der Waals surface area contributed by atoms with Gasteiger partial charge in [-0.25, -0.2) is 13.2 Å². The van der Waals surface area contributed by atoms with Crippen molar-refractivity contribution in [1.29, 1.82) is 0 Å². The second-order valence-corrected chi connectivity index (χ2v) is 7.93. The molecule has 0 bridgehead atoms. The van der Waals surface area contributed by atoms with Crippen LogP contribution in [0.4, 0.5) is 0 Å². The minimum atomic E-state index is -3.08. The minimum Gasteiger partial charge on any atom is -0.450 e. The Labute approximate surface area is 136 Å². The van der Waals surface area contributed by atoms with Gasteiger partial charge in [0.1, 0.15) is 0 Å². The molecule has 0 spiro atoms. The Hall–Kier alpha value is -1.35. The van der Waals surface area contributed by atoms with E-state index in [9.17, 15) is 18.0 Å². The van der Waals surface area contributed by atoms with Gasteiger partial charge >= 0.3 is 5.97 Å². The number of hydrogen-bond acceptors (Lipinski definition) is 6. The zero-order valence-corrected chi connectivity index (χ0v) is 14.4. The van der Waals surface area contributed by atoms with E-state index in [1.807, 2.05) is 0 Å². The molecule has 1 atom stereocenters. The van der Waals surface area contributed by atoms with E-state index >= 15 is 0 Å². The first kappa shape index (κ1) is 17.0. The van der Waals surface area contributed by atoms with Gasteiger partial charge in [0.15, 0.2) is 21.1 Å². The van der Waals surface area contributed by atoms with Crippen molar-refractivity contribution in [2.24, 2.45) is 0 Å². The Kier molecular flexibility index (Phi) is 5.28. The molecule has 9 heteroatoms. The molecule has 7 nitrogen and oxygen atoms in total. The molecule has 0 aromatic carbocycles. The van der Waals surface area contributed by atoms with Crippen molar-refractivity contribution in [1.82, 2.24) is 4.90 Å². The lowest BCUT2D eigenvalue weighted by Gasteiger charge is -2.26. The first-order valence-electron chi connectivity index (χ1n) is 6.74. The number of carbonyl (C=O) groups excluding carboxylic acids is 2. The van der Waals surface area contributed by atoms with Crippen LogP contribution in [0.25, 0.3) is 0 Å². The molecule has 0 aliphatic carbocycles. The number of hydrogen-bond donors (Lipinski definition) is 0. The van der Waals surface area contributed by atoms with Gasteiger partial charge in [0.25, 0.3) is 5.91 Å². The highest BCUT2D eigenvalue weighted by atomic mass is 79.9. The average Bonchev–Trinajstić information content (AvgIpc) is 3.03. The Morgan fingerprint density at radius 1 is 1.45 bits per heavy atom. The van der Waals surface area contributed by atoms with Gasteiger partial charge in [-0.3, -0.25) is 4.79 Å². The lowest BCUT2D eigenvalue weighted by Crippen LogP contribution is -2.43. The van der Waals surface area contributed by atoms with Gasteiger partial charge < -0.3 is 14.1 Å². The first-order valence-corrected chi connectivity index (χ1v) is 9.36. The molecule has 1 unspecified atom stereocenters. The van der Waals surface area contributed by atoms with Crippen molar-refractivity contribution in [2.75, 3.05) is 24.7 Å². The SMILES string of the molecule is CCN(C(=O)COC(=O)c1ccc(Br)o1)C1CCS(=O)(=O)C1. The van der Waals surface area contributed by atoms with Gasteiger partial charge in [0.2, 0.25) is 5.76 Å². The summed E-state index contributed by atoms with van der Waals surface area (Å²) in [5.74, 6) is -1.11. The summed E-state index contributed by atoms with van der Waals surface area (Å²) in [7, 11) is -3.08. The highest BCUT2D eigenvalue weighted by Gasteiger charge is 2.34. The molecule has 2 rings (SSSR count). The Bertz CT molecular complexity index is 668. The summed E-state index contributed by atoms with van der Waals surface area (Å²) < 4.78 is 33.3. The molecule has 2 heterocycles. The maximum absolute atomic E-state index is 12.1. The van der Waals surface area contributed by atoms with Gasteiger partial charge in [-0.15, -0.1) is 0 Å². The molecule has 1 aromatic rings. The smallest absolute Gasteiger partial charge is 0.374 e. The molecule has 1 amide bonds. The van der Waals surface area contributed by atoms with E-state index < -0.39 is 28.3 Å². The number of carbonyl (C=O) groups is 2. The highest BCUT2D eigenvalue weighted by molar-refractivity contribution is 9.10. The summed E-state index contributed by atoms with van der Waals surface area (Å²) in [6, 6.07) is 2.62. The molecule has 22 heavy (non-hydrogen) atoms. The molecule has 0 radical (unpaired) electrons. The lowest BCUT2D eigenvalue weighted by atomic mass is 10.2. The largest absolute Gasteiger partial charge is 0.450 e. The van der Waals surface area contributed by atoms with Crippen LogP contribution in [0.2, 0.25) is 0 Å². The summed E-state index contributed by atoms with van der Waals surface area (Å²) in [5.41, 5.74) is 0. The summed E-state index contributed by atoms with van der Waals surface area (Å²) in [6.45, 7) is 1.68. The standard InChI is InChI=1S/C13H16BrNO6S/c1-2-15(9-5-6-22(18,19)8-9)12(16)7-20-13(17)10-3-4-11(14)21-10/h3-4,9H,2,5-8H2,1H3. The van der Waals surface area contributed by atoms with Gasteiger partial charge in [-0.1, -0.05) is 0 Å². The fraction of sp³-hybridized carbons (Fsp3) is 0.538. The van der Waals surface area contributed by atoms with Crippen LogP contribution in [0.1, 0.15) is 23.9 Å². The van der Waals surface area contributed by atoms with Crippen molar-refractivity contribution in [3.8, 4) is 0 Å². The molecule has 1 aliphatic rings. The zero-order valence-electron chi connectivity index (χ0n) is 12.0. The van der Waals surface area contributed by atoms with Crippen molar-refractivity contribution >= 4 is 37.6 Å². The van der Waals surface area contributed by atoms with E-state index in [4.69, 9.17) is 9.15 Å². The third kappa shape index (κ3) is 4.10. The molecule has 122 valence electrons. The number of ether oxygens (including phenoxy) is 1. The maximum Gasteiger partial charge on any atom is 0.374 e. The summed E-state index contributed by atoms with van der Waals surface area (Å²) in [6.07, 6.45) is 0.418. The van der Waals surface area contributed by atoms with Gasteiger partial charge in [0.05, 0.1) is 11.5 Å². The third-order valence-electron chi connectivity index (χ3n) is 3.41. The molecule has 1 aliphatic heterocycles. The van der Waals surface area contributed by atoms with E-state index in [1.54, 1.807) is 13.0 Å². The van der Waals surface area contributed by atoms with Gasteiger partial charge in [-0.05, 0) is 41.4 Å². The quantitative estimate of drug-likeness (QED) is 0.698. The minimum absolute atomic E-state index is 0.00818. The van der Waals surface area contributed by atoms with E-state index in [0.717, 1.165) is 0 Å². The number of esters is 1. The summed E-state index contributed by atoms with van der Waals surface area (Å²) in [4.78, 5) is 25.3. The second-order valence-electron chi connectivity index (χ2n) is 4.92. The van der Waals surface area contributed by atoms with Crippen molar-refractivity contribution < 1.29 is 27.2 Å². The van der Waals surface area contributed by atoms with E-state index in [-0.39, 0.29) is 23.3 Å². The molecule has 1 aromatic heterocycles. The first-order chi connectivity index (χ1) is 10.3. The lowest BCUT2D eigenvalue weighted by molar-refractivity contribution is -0.136. The van der Waals surface area contributed by atoms with Crippen molar-refractivity contribution in [3.05, 3.63) is 22.6 Å².